The molecule has 41 heavy (non-hydrogen) atoms. The third kappa shape index (κ3) is 7.20. The smallest absolute Gasteiger partial charge is 0.337 e. The van der Waals surface area contributed by atoms with Gasteiger partial charge in [0.1, 0.15) is 24.8 Å². The number of aromatic nitrogens is 1. The fourth-order valence-corrected chi connectivity index (χ4v) is 4.82. The highest BCUT2D eigenvalue weighted by atomic mass is 35.5. The van der Waals surface area contributed by atoms with Crippen molar-refractivity contribution in [2.45, 2.75) is 20.4 Å². The molecule has 3 aromatic carbocycles. The molecule has 0 aliphatic heterocycles. The number of hydrogen-bond acceptors (Lipinski definition) is 6. The van der Waals surface area contributed by atoms with Gasteiger partial charge in [0.15, 0.2) is 11.5 Å². The molecule has 7 nitrogen and oxygen atoms in total. The second-order valence-corrected chi connectivity index (χ2v) is 10.5. The number of fused-ring (bicyclic) bond motifs is 1. The van der Waals surface area contributed by atoms with Crippen LogP contribution in [0, 0.1) is 11.7 Å². The van der Waals surface area contributed by atoms with Crippen molar-refractivity contribution >= 4 is 45.9 Å². The van der Waals surface area contributed by atoms with Crippen LogP contribution in [0.3, 0.4) is 0 Å². The number of nitrogens with two attached hydrogens (primary N) is 1. The van der Waals surface area contributed by atoms with Crippen molar-refractivity contribution < 1.29 is 28.2 Å². The van der Waals surface area contributed by atoms with E-state index in [9.17, 15) is 14.0 Å². The number of esters is 1. The molecular formula is C31H29Cl2FN2O5. The van der Waals surface area contributed by atoms with Crippen molar-refractivity contribution in [3.8, 4) is 11.5 Å². The number of methoxy groups -OCH3 is 1. The summed E-state index contributed by atoms with van der Waals surface area (Å²) in [6.45, 7) is 3.81. The SMILES string of the molecule is COC(=O)c1cccc(Cn2ccc3cc(OC/C(C(=O)C(C)C)=C(/N)COc4c(Cl)cc(F)cc4Cl)ccc32)c1. The summed E-state index contributed by atoms with van der Waals surface area (Å²) in [5.41, 5.74) is 9.09. The zero-order valence-electron chi connectivity index (χ0n) is 22.7. The number of hydrogen-bond donors (Lipinski definition) is 1. The Kier molecular flexibility index (Phi) is 9.57. The summed E-state index contributed by atoms with van der Waals surface area (Å²) in [4.78, 5) is 24.8. The van der Waals surface area contributed by atoms with Gasteiger partial charge in [-0.25, -0.2) is 9.18 Å². The lowest BCUT2D eigenvalue weighted by Crippen LogP contribution is -2.24. The Morgan fingerprint density at radius 3 is 2.39 bits per heavy atom. The summed E-state index contributed by atoms with van der Waals surface area (Å²) in [5.74, 6) is -0.883. The molecule has 0 saturated carbocycles. The minimum Gasteiger partial charge on any atom is -0.489 e. The monoisotopic (exact) mass is 598 g/mol. The summed E-state index contributed by atoms with van der Waals surface area (Å²) in [5, 5.41) is 0.920. The van der Waals surface area contributed by atoms with Crippen LogP contribution in [0.1, 0.15) is 29.8 Å². The largest absolute Gasteiger partial charge is 0.489 e. The van der Waals surface area contributed by atoms with Crippen LogP contribution in [0.5, 0.6) is 11.5 Å². The van der Waals surface area contributed by atoms with E-state index in [-0.39, 0.29) is 57.9 Å². The van der Waals surface area contributed by atoms with Gasteiger partial charge in [0.2, 0.25) is 0 Å². The lowest BCUT2D eigenvalue weighted by Gasteiger charge is -2.16. The summed E-state index contributed by atoms with van der Waals surface area (Å²) in [6, 6.07) is 17.0. The van der Waals surface area contributed by atoms with Crippen LogP contribution in [-0.4, -0.2) is 36.6 Å². The van der Waals surface area contributed by atoms with E-state index in [2.05, 4.69) is 4.57 Å². The van der Waals surface area contributed by atoms with E-state index in [0.29, 0.717) is 17.9 Å². The average Bonchev–Trinajstić information content (AvgIpc) is 3.33. The zero-order chi connectivity index (χ0) is 29.7. The topological polar surface area (TPSA) is 92.8 Å². The lowest BCUT2D eigenvalue weighted by atomic mass is 10.00. The van der Waals surface area contributed by atoms with Gasteiger partial charge in [0.25, 0.3) is 0 Å². The van der Waals surface area contributed by atoms with E-state index in [4.69, 9.17) is 43.1 Å². The quantitative estimate of drug-likeness (QED) is 0.150. The molecule has 2 N–H and O–H groups in total. The first-order chi connectivity index (χ1) is 19.6. The van der Waals surface area contributed by atoms with E-state index in [0.717, 1.165) is 28.6 Å². The Morgan fingerprint density at radius 1 is 0.976 bits per heavy atom. The van der Waals surface area contributed by atoms with Gasteiger partial charge in [-0.2, -0.15) is 0 Å². The number of ketones is 1. The molecule has 0 atom stereocenters. The first kappa shape index (κ1) is 30.0. The molecule has 0 bridgehead atoms. The van der Waals surface area contributed by atoms with Crippen LogP contribution in [0.15, 0.2) is 78.1 Å². The third-order valence-corrected chi connectivity index (χ3v) is 6.93. The highest BCUT2D eigenvalue weighted by molar-refractivity contribution is 6.37. The number of nitrogens with zero attached hydrogens (tertiary/aromatic N) is 1. The van der Waals surface area contributed by atoms with Gasteiger partial charge in [-0.15, -0.1) is 0 Å². The van der Waals surface area contributed by atoms with Crippen LogP contribution in [-0.2, 0) is 16.1 Å². The molecule has 4 rings (SSSR count). The van der Waals surface area contributed by atoms with E-state index in [1.807, 2.05) is 42.6 Å². The average molecular weight is 599 g/mol. The summed E-state index contributed by atoms with van der Waals surface area (Å²) < 4.78 is 32.0. The normalized spacial score (nSPS) is 11.9. The molecule has 0 spiro atoms. The maximum atomic E-state index is 13.5. The van der Waals surface area contributed by atoms with Gasteiger partial charge in [-0.3, -0.25) is 4.79 Å². The Bertz CT molecular complexity index is 1610. The Balaban J connectivity index is 1.50. The fourth-order valence-electron chi connectivity index (χ4n) is 4.25. The predicted octanol–water partition coefficient (Wildman–Crippen LogP) is 6.82. The standard InChI is InChI=1S/C31H29Cl2FN2O5/c1-18(2)29(37)24(27(35)17-41-30-25(32)13-22(34)14-26(30)33)16-40-23-7-8-28-20(12-23)9-10-36(28)15-19-5-4-6-21(11-19)31(38)39-3/h4-14,18H,15-17,35H2,1-3H3/b27-24-. The molecule has 1 aromatic heterocycles. The van der Waals surface area contributed by atoms with Crippen molar-refractivity contribution in [1.82, 2.24) is 4.57 Å². The highest BCUT2D eigenvalue weighted by Crippen LogP contribution is 2.34. The number of halogens is 3. The van der Waals surface area contributed by atoms with Crippen molar-refractivity contribution in [1.29, 1.82) is 0 Å². The molecule has 0 fully saturated rings. The molecule has 0 saturated heterocycles. The Morgan fingerprint density at radius 2 is 1.71 bits per heavy atom. The maximum absolute atomic E-state index is 13.5. The molecular weight excluding hydrogens is 570 g/mol. The number of rotatable bonds is 11. The van der Waals surface area contributed by atoms with Gasteiger partial charge in [-0.1, -0.05) is 49.2 Å². The molecule has 0 aliphatic rings. The molecule has 0 unspecified atom stereocenters. The molecule has 10 heteroatoms. The molecule has 0 radical (unpaired) electrons. The van der Waals surface area contributed by atoms with Gasteiger partial charge in [-0.05, 0) is 54.1 Å². The van der Waals surface area contributed by atoms with Crippen LogP contribution in [0.2, 0.25) is 10.0 Å². The summed E-state index contributed by atoms with van der Waals surface area (Å²) >= 11 is 12.1. The molecule has 4 aromatic rings. The first-order valence-electron chi connectivity index (χ1n) is 12.8. The highest BCUT2D eigenvalue weighted by Gasteiger charge is 2.20. The lowest BCUT2D eigenvalue weighted by molar-refractivity contribution is -0.118. The summed E-state index contributed by atoms with van der Waals surface area (Å²) in [6.07, 6.45) is 1.95. The zero-order valence-corrected chi connectivity index (χ0v) is 24.3. The number of carbonyl (C=O) groups is 2. The van der Waals surface area contributed by atoms with Crippen LogP contribution < -0.4 is 15.2 Å². The van der Waals surface area contributed by atoms with Crippen LogP contribution in [0.4, 0.5) is 4.39 Å². The first-order valence-corrected chi connectivity index (χ1v) is 13.5. The van der Waals surface area contributed by atoms with Crippen molar-refractivity contribution in [2.75, 3.05) is 20.3 Å². The van der Waals surface area contributed by atoms with Gasteiger partial charge >= 0.3 is 5.97 Å². The minimum absolute atomic E-state index is 0.00723. The molecule has 0 amide bonds. The van der Waals surface area contributed by atoms with Gasteiger partial charge in [0.05, 0.1) is 34.0 Å². The van der Waals surface area contributed by atoms with Crippen molar-refractivity contribution in [3.05, 3.63) is 105 Å². The Hall–Kier alpha value is -4.01. The Labute approximate surface area is 247 Å². The van der Waals surface area contributed by atoms with Crippen molar-refractivity contribution in [3.63, 3.8) is 0 Å². The van der Waals surface area contributed by atoms with E-state index >= 15 is 0 Å². The van der Waals surface area contributed by atoms with Crippen molar-refractivity contribution in [2.24, 2.45) is 11.7 Å². The van der Waals surface area contributed by atoms with E-state index in [1.165, 1.54) is 7.11 Å². The second kappa shape index (κ2) is 13.1. The van der Waals surface area contributed by atoms with Gasteiger partial charge < -0.3 is 24.5 Å². The van der Waals surface area contributed by atoms with Crippen LogP contribution in [0.25, 0.3) is 10.9 Å². The fraction of sp³-hybridized carbons (Fsp3) is 0.226. The van der Waals surface area contributed by atoms with E-state index < -0.39 is 5.82 Å². The summed E-state index contributed by atoms with van der Waals surface area (Å²) in [7, 11) is 1.35. The number of carbonyl (C=O) groups excluding carboxylic acids is 2. The molecule has 214 valence electrons. The minimum atomic E-state index is -0.597. The third-order valence-electron chi connectivity index (χ3n) is 6.37. The number of Topliss-reactive ketones (excluding diaryl/α,β-unsaturated/α-hetero) is 1. The second-order valence-electron chi connectivity index (χ2n) is 9.65. The van der Waals surface area contributed by atoms with Crippen LogP contribution >= 0.6 is 23.2 Å². The molecule has 0 aliphatic carbocycles. The number of benzene rings is 3. The van der Waals surface area contributed by atoms with E-state index in [1.54, 1.807) is 26.0 Å². The predicted molar refractivity (Wildman–Crippen MR) is 157 cm³/mol. The maximum Gasteiger partial charge on any atom is 0.337 e. The number of ether oxygens (including phenoxy) is 3. The molecule has 1 heterocycles. The van der Waals surface area contributed by atoms with Gasteiger partial charge in [0, 0.05) is 29.6 Å².